The van der Waals surface area contributed by atoms with E-state index < -0.39 is 0 Å². The molecule has 128 valence electrons. The summed E-state index contributed by atoms with van der Waals surface area (Å²) in [4.78, 5) is 0. The van der Waals surface area contributed by atoms with Gasteiger partial charge in [-0.2, -0.15) is 0 Å². The van der Waals surface area contributed by atoms with Crippen LogP contribution in [0.15, 0.2) is 72.8 Å². The van der Waals surface area contributed by atoms with Crippen molar-refractivity contribution in [1.29, 1.82) is 0 Å². The number of unbranched alkanes of at least 4 members (excludes halogenated alkanes) is 1. The van der Waals surface area contributed by atoms with E-state index >= 15 is 0 Å². The number of rotatable bonds is 7. The lowest BCUT2D eigenvalue weighted by Gasteiger charge is -2.10. The molecule has 0 aliphatic heterocycles. The highest BCUT2D eigenvalue weighted by molar-refractivity contribution is 5.41. The van der Waals surface area contributed by atoms with E-state index in [0.29, 0.717) is 0 Å². The van der Waals surface area contributed by atoms with E-state index in [4.69, 9.17) is 5.73 Å². The van der Waals surface area contributed by atoms with Crippen molar-refractivity contribution in [2.75, 3.05) is 5.73 Å². The maximum absolute atomic E-state index is 5.76. The third-order valence-corrected chi connectivity index (χ3v) is 4.72. The third kappa shape index (κ3) is 4.96. The Hall–Kier alpha value is -2.54. The fraction of sp³-hybridized carbons (Fsp3) is 0.250. The van der Waals surface area contributed by atoms with Crippen LogP contribution in [0.1, 0.15) is 47.6 Å². The lowest BCUT2D eigenvalue weighted by Crippen LogP contribution is -1.96. The molecular weight excluding hydrogens is 302 g/mol. The summed E-state index contributed by atoms with van der Waals surface area (Å²) >= 11 is 0. The first-order valence-electron chi connectivity index (χ1n) is 9.23. The molecule has 0 aliphatic rings. The number of benzene rings is 3. The Bertz CT molecular complexity index is 785. The van der Waals surface area contributed by atoms with Crippen molar-refractivity contribution in [1.82, 2.24) is 0 Å². The first-order chi connectivity index (χ1) is 12.2. The summed E-state index contributed by atoms with van der Waals surface area (Å²) in [5, 5.41) is 0. The minimum Gasteiger partial charge on any atom is -0.399 e. The largest absolute Gasteiger partial charge is 0.399 e. The topological polar surface area (TPSA) is 26.0 Å². The summed E-state index contributed by atoms with van der Waals surface area (Å²) in [5.41, 5.74) is 13.6. The number of aryl methyl sites for hydroxylation is 1. The SMILES string of the molecule is CCCCc1ccccc1Cc1ccc(Cc2ccc(N)cc2)cc1. The van der Waals surface area contributed by atoms with Gasteiger partial charge in [-0.15, -0.1) is 0 Å². The number of hydrogen-bond donors (Lipinski definition) is 1. The van der Waals surface area contributed by atoms with E-state index in [2.05, 4.69) is 67.6 Å². The molecule has 0 radical (unpaired) electrons. The van der Waals surface area contributed by atoms with Crippen molar-refractivity contribution in [2.24, 2.45) is 0 Å². The van der Waals surface area contributed by atoms with E-state index in [1.807, 2.05) is 12.1 Å². The Morgan fingerprint density at radius 1 is 0.640 bits per heavy atom. The van der Waals surface area contributed by atoms with Crippen molar-refractivity contribution in [3.63, 3.8) is 0 Å². The first kappa shape index (κ1) is 17.3. The van der Waals surface area contributed by atoms with Gasteiger partial charge in [0.15, 0.2) is 0 Å². The summed E-state index contributed by atoms with van der Waals surface area (Å²) in [6, 6.07) is 26.0. The second-order valence-electron chi connectivity index (χ2n) is 6.78. The van der Waals surface area contributed by atoms with E-state index in [9.17, 15) is 0 Å². The molecule has 0 aromatic heterocycles. The molecule has 3 aromatic rings. The Morgan fingerprint density at radius 2 is 1.16 bits per heavy atom. The van der Waals surface area contributed by atoms with Gasteiger partial charge < -0.3 is 5.73 Å². The van der Waals surface area contributed by atoms with Crippen LogP contribution >= 0.6 is 0 Å². The smallest absolute Gasteiger partial charge is 0.0314 e. The van der Waals surface area contributed by atoms with E-state index in [1.165, 1.54) is 47.1 Å². The third-order valence-electron chi connectivity index (χ3n) is 4.72. The van der Waals surface area contributed by atoms with Gasteiger partial charge >= 0.3 is 0 Å². The maximum Gasteiger partial charge on any atom is 0.0314 e. The fourth-order valence-electron chi connectivity index (χ4n) is 3.21. The van der Waals surface area contributed by atoms with Gasteiger partial charge in [-0.3, -0.25) is 0 Å². The molecule has 0 saturated carbocycles. The Morgan fingerprint density at radius 3 is 1.76 bits per heavy atom. The van der Waals surface area contributed by atoms with Crippen LogP contribution in [-0.2, 0) is 19.3 Å². The molecule has 0 unspecified atom stereocenters. The molecule has 0 fully saturated rings. The fourth-order valence-corrected chi connectivity index (χ4v) is 3.21. The van der Waals surface area contributed by atoms with Gasteiger partial charge in [0.1, 0.15) is 0 Å². The minimum absolute atomic E-state index is 0.820. The highest BCUT2D eigenvalue weighted by Crippen LogP contribution is 2.18. The molecule has 0 bridgehead atoms. The number of nitrogen functional groups attached to an aromatic ring is 1. The Balaban J connectivity index is 1.67. The van der Waals surface area contributed by atoms with Crippen molar-refractivity contribution >= 4 is 5.69 Å². The average molecular weight is 329 g/mol. The van der Waals surface area contributed by atoms with Gasteiger partial charge in [0.2, 0.25) is 0 Å². The summed E-state index contributed by atoms with van der Waals surface area (Å²) in [5.74, 6) is 0. The van der Waals surface area contributed by atoms with Crippen molar-refractivity contribution in [3.05, 3.63) is 101 Å². The normalized spacial score (nSPS) is 10.8. The standard InChI is InChI=1S/C24H27N/c1-2-3-6-22-7-4-5-8-23(22)18-21-11-9-19(10-12-21)17-20-13-15-24(25)16-14-20/h4-5,7-16H,2-3,6,17-18,25H2,1H3. The molecule has 0 saturated heterocycles. The Labute approximate surface area is 151 Å². The highest BCUT2D eigenvalue weighted by Gasteiger charge is 2.04. The van der Waals surface area contributed by atoms with Gasteiger partial charge in [-0.1, -0.05) is 74.0 Å². The van der Waals surface area contributed by atoms with Crippen LogP contribution < -0.4 is 5.73 Å². The number of nitrogens with two attached hydrogens (primary N) is 1. The minimum atomic E-state index is 0.820. The van der Waals surface area contributed by atoms with Crippen LogP contribution in [0.3, 0.4) is 0 Å². The van der Waals surface area contributed by atoms with E-state index in [1.54, 1.807) is 0 Å². The van der Waals surface area contributed by atoms with Crippen molar-refractivity contribution in [3.8, 4) is 0 Å². The predicted molar refractivity (Wildman–Crippen MR) is 108 cm³/mol. The van der Waals surface area contributed by atoms with Crippen LogP contribution in [-0.4, -0.2) is 0 Å². The summed E-state index contributed by atoms with van der Waals surface area (Å²) in [6.07, 6.45) is 5.66. The molecule has 3 rings (SSSR count). The summed E-state index contributed by atoms with van der Waals surface area (Å²) in [6.45, 7) is 2.25. The maximum atomic E-state index is 5.76. The van der Waals surface area contributed by atoms with E-state index in [0.717, 1.165) is 18.5 Å². The lowest BCUT2D eigenvalue weighted by atomic mass is 9.95. The molecule has 0 heterocycles. The van der Waals surface area contributed by atoms with Gasteiger partial charge in [0, 0.05) is 5.69 Å². The second kappa shape index (κ2) is 8.53. The monoisotopic (exact) mass is 329 g/mol. The highest BCUT2D eigenvalue weighted by atomic mass is 14.5. The Kier molecular flexibility index (Phi) is 5.90. The van der Waals surface area contributed by atoms with Crippen molar-refractivity contribution in [2.45, 2.75) is 39.0 Å². The van der Waals surface area contributed by atoms with E-state index in [-0.39, 0.29) is 0 Å². The lowest BCUT2D eigenvalue weighted by molar-refractivity contribution is 0.788. The molecule has 2 N–H and O–H groups in total. The zero-order valence-corrected chi connectivity index (χ0v) is 15.0. The molecule has 1 nitrogen and oxygen atoms in total. The van der Waals surface area contributed by atoms with Gasteiger partial charge in [0.25, 0.3) is 0 Å². The molecule has 0 spiro atoms. The van der Waals surface area contributed by atoms with Crippen molar-refractivity contribution < 1.29 is 0 Å². The van der Waals surface area contributed by atoms with Crippen LogP contribution in [0.5, 0.6) is 0 Å². The zero-order valence-electron chi connectivity index (χ0n) is 15.0. The second-order valence-corrected chi connectivity index (χ2v) is 6.78. The molecular formula is C24H27N. The molecule has 0 amide bonds. The number of anilines is 1. The average Bonchev–Trinajstić information content (AvgIpc) is 2.64. The number of hydrogen-bond acceptors (Lipinski definition) is 1. The summed E-state index contributed by atoms with van der Waals surface area (Å²) in [7, 11) is 0. The van der Waals surface area contributed by atoms with Crippen LogP contribution in [0.25, 0.3) is 0 Å². The molecule has 3 aromatic carbocycles. The van der Waals surface area contributed by atoms with Crippen LogP contribution in [0.4, 0.5) is 5.69 Å². The van der Waals surface area contributed by atoms with Gasteiger partial charge in [0.05, 0.1) is 0 Å². The van der Waals surface area contributed by atoms with Crippen LogP contribution in [0.2, 0.25) is 0 Å². The molecule has 0 atom stereocenters. The predicted octanol–water partition coefficient (Wildman–Crippen LogP) is 5.79. The zero-order chi connectivity index (χ0) is 17.5. The summed E-state index contributed by atoms with van der Waals surface area (Å²) < 4.78 is 0. The molecule has 1 heteroatoms. The molecule has 25 heavy (non-hydrogen) atoms. The van der Waals surface area contributed by atoms with Gasteiger partial charge in [-0.25, -0.2) is 0 Å². The van der Waals surface area contributed by atoms with Gasteiger partial charge in [-0.05, 0) is 65.6 Å². The first-order valence-corrected chi connectivity index (χ1v) is 9.23. The van der Waals surface area contributed by atoms with Crippen LogP contribution in [0, 0.1) is 0 Å². The quantitative estimate of drug-likeness (QED) is 0.545. The molecule has 0 aliphatic carbocycles.